The summed E-state index contributed by atoms with van der Waals surface area (Å²) in [6.45, 7) is 2.82. The number of nitrogens with zero attached hydrogens (tertiary/aromatic N) is 3. The standard InChI is InChI=1S/C13H17Cl2N3O/c1-17-6-5-9(7-17)8-18(2)13(19)12-10(14)3-4-11(15)16-12/h3-4,9H,5-8H2,1-2H3. The van der Waals surface area contributed by atoms with E-state index in [1.165, 1.54) is 0 Å². The van der Waals surface area contributed by atoms with E-state index in [1.54, 1.807) is 24.1 Å². The van der Waals surface area contributed by atoms with Crippen LogP contribution in [0.1, 0.15) is 16.9 Å². The Morgan fingerprint density at radius 3 is 2.89 bits per heavy atom. The predicted molar refractivity (Wildman–Crippen MR) is 76.8 cm³/mol. The van der Waals surface area contributed by atoms with E-state index >= 15 is 0 Å². The molecule has 104 valence electrons. The third-order valence-corrected chi connectivity index (χ3v) is 3.90. The van der Waals surface area contributed by atoms with Crippen molar-refractivity contribution in [2.75, 3.05) is 33.7 Å². The number of halogens is 2. The van der Waals surface area contributed by atoms with E-state index in [2.05, 4.69) is 16.9 Å². The van der Waals surface area contributed by atoms with E-state index in [9.17, 15) is 4.79 Å². The van der Waals surface area contributed by atoms with Gasteiger partial charge in [-0.3, -0.25) is 4.79 Å². The maximum atomic E-state index is 12.3. The normalized spacial score (nSPS) is 19.7. The van der Waals surface area contributed by atoms with Gasteiger partial charge < -0.3 is 9.80 Å². The lowest BCUT2D eigenvalue weighted by atomic mass is 10.1. The van der Waals surface area contributed by atoms with Crippen molar-refractivity contribution in [2.24, 2.45) is 5.92 Å². The summed E-state index contributed by atoms with van der Waals surface area (Å²) >= 11 is 11.8. The van der Waals surface area contributed by atoms with Crippen LogP contribution in [-0.2, 0) is 0 Å². The number of likely N-dealkylation sites (tertiary alicyclic amines) is 1. The number of carbonyl (C=O) groups excluding carboxylic acids is 1. The first-order chi connectivity index (χ1) is 8.97. The number of amides is 1. The van der Waals surface area contributed by atoms with Crippen molar-refractivity contribution in [2.45, 2.75) is 6.42 Å². The van der Waals surface area contributed by atoms with Gasteiger partial charge in [-0.05, 0) is 38.1 Å². The smallest absolute Gasteiger partial charge is 0.273 e. The van der Waals surface area contributed by atoms with Gasteiger partial charge in [0.2, 0.25) is 0 Å². The number of hydrogen-bond acceptors (Lipinski definition) is 3. The first kappa shape index (κ1) is 14.6. The summed E-state index contributed by atoms with van der Waals surface area (Å²) in [6, 6.07) is 3.17. The summed E-state index contributed by atoms with van der Waals surface area (Å²) in [5, 5.41) is 0.617. The topological polar surface area (TPSA) is 36.4 Å². The van der Waals surface area contributed by atoms with Crippen LogP contribution < -0.4 is 0 Å². The molecule has 0 aromatic carbocycles. The quantitative estimate of drug-likeness (QED) is 0.805. The molecule has 0 N–H and O–H groups in total. The summed E-state index contributed by atoms with van der Waals surface area (Å²) in [5.74, 6) is 0.332. The molecule has 1 aromatic rings. The van der Waals surface area contributed by atoms with E-state index in [1.807, 2.05) is 0 Å². The molecule has 1 aromatic heterocycles. The summed E-state index contributed by atoms with van der Waals surface area (Å²) in [6.07, 6.45) is 1.12. The molecule has 1 unspecified atom stereocenters. The minimum atomic E-state index is -0.179. The molecule has 2 rings (SSSR count). The number of aromatic nitrogens is 1. The molecule has 1 aliphatic rings. The molecule has 2 heterocycles. The highest BCUT2D eigenvalue weighted by atomic mass is 35.5. The first-order valence-corrected chi connectivity index (χ1v) is 6.99. The van der Waals surface area contributed by atoms with Gasteiger partial charge in [0.25, 0.3) is 5.91 Å². The molecular formula is C13H17Cl2N3O. The fourth-order valence-corrected chi connectivity index (χ4v) is 2.73. The Morgan fingerprint density at radius 2 is 2.26 bits per heavy atom. The predicted octanol–water partition coefficient (Wildman–Crippen LogP) is 2.41. The highest BCUT2D eigenvalue weighted by Gasteiger charge is 2.24. The van der Waals surface area contributed by atoms with Crippen molar-refractivity contribution >= 4 is 29.1 Å². The fraction of sp³-hybridized carbons (Fsp3) is 0.538. The van der Waals surface area contributed by atoms with Gasteiger partial charge in [-0.25, -0.2) is 4.98 Å². The van der Waals surface area contributed by atoms with Crippen molar-refractivity contribution in [1.29, 1.82) is 0 Å². The molecule has 1 fully saturated rings. The summed E-state index contributed by atoms with van der Waals surface area (Å²) in [5.41, 5.74) is 0.225. The van der Waals surface area contributed by atoms with Crippen LogP contribution in [0.25, 0.3) is 0 Å². The van der Waals surface area contributed by atoms with Crippen LogP contribution in [0.5, 0.6) is 0 Å². The summed E-state index contributed by atoms with van der Waals surface area (Å²) in [4.78, 5) is 20.3. The Morgan fingerprint density at radius 1 is 1.53 bits per heavy atom. The van der Waals surface area contributed by atoms with Gasteiger partial charge in [-0.15, -0.1) is 0 Å². The first-order valence-electron chi connectivity index (χ1n) is 6.23. The van der Waals surface area contributed by atoms with Crippen LogP contribution in [0, 0.1) is 5.92 Å². The fourth-order valence-electron chi connectivity index (χ4n) is 2.39. The van der Waals surface area contributed by atoms with Crippen LogP contribution in [-0.4, -0.2) is 54.4 Å². The monoisotopic (exact) mass is 301 g/mol. The average molecular weight is 302 g/mol. The summed E-state index contributed by atoms with van der Waals surface area (Å²) < 4.78 is 0. The highest BCUT2D eigenvalue weighted by molar-refractivity contribution is 6.34. The van der Waals surface area contributed by atoms with Gasteiger partial charge in [0.15, 0.2) is 0 Å². The van der Waals surface area contributed by atoms with Gasteiger partial charge in [0.1, 0.15) is 10.8 Å². The highest BCUT2D eigenvalue weighted by Crippen LogP contribution is 2.20. The zero-order chi connectivity index (χ0) is 14.0. The van der Waals surface area contributed by atoms with Gasteiger partial charge in [0.05, 0.1) is 5.02 Å². The van der Waals surface area contributed by atoms with Crippen LogP contribution in [0.2, 0.25) is 10.2 Å². The Balaban J connectivity index is 2.04. The minimum absolute atomic E-state index is 0.179. The number of hydrogen-bond donors (Lipinski definition) is 0. The van der Waals surface area contributed by atoms with Gasteiger partial charge >= 0.3 is 0 Å². The molecule has 6 heteroatoms. The number of rotatable bonds is 3. The molecule has 0 radical (unpaired) electrons. The molecule has 1 amide bonds. The van der Waals surface area contributed by atoms with E-state index in [-0.39, 0.29) is 16.8 Å². The molecule has 4 nitrogen and oxygen atoms in total. The van der Waals surface area contributed by atoms with Crippen LogP contribution in [0.3, 0.4) is 0 Å². The Labute approximate surface area is 123 Å². The molecule has 0 aliphatic carbocycles. The molecule has 1 aliphatic heterocycles. The Kier molecular flexibility index (Phi) is 4.66. The van der Waals surface area contributed by atoms with Gasteiger partial charge in [0, 0.05) is 20.1 Å². The third kappa shape index (κ3) is 3.59. The van der Waals surface area contributed by atoms with E-state index < -0.39 is 0 Å². The molecule has 19 heavy (non-hydrogen) atoms. The molecular weight excluding hydrogens is 285 g/mol. The second kappa shape index (κ2) is 6.07. The maximum Gasteiger partial charge on any atom is 0.273 e. The van der Waals surface area contributed by atoms with Crippen LogP contribution in [0.4, 0.5) is 0 Å². The SMILES string of the molecule is CN1CCC(CN(C)C(=O)c2nc(Cl)ccc2Cl)C1. The van der Waals surface area contributed by atoms with Crippen LogP contribution in [0.15, 0.2) is 12.1 Å². The van der Waals surface area contributed by atoms with E-state index in [0.717, 1.165) is 19.5 Å². The van der Waals surface area contributed by atoms with Crippen molar-refractivity contribution in [1.82, 2.24) is 14.8 Å². The average Bonchev–Trinajstić information content (AvgIpc) is 2.77. The molecule has 0 spiro atoms. The van der Waals surface area contributed by atoms with E-state index in [4.69, 9.17) is 23.2 Å². The zero-order valence-corrected chi connectivity index (χ0v) is 12.6. The lowest BCUT2D eigenvalue weighted by Crippen LogP contribution is -2.33. The second-order valence-corrected chi connectivity index (χ2v) is 5.86. The lowest BCUT2D eigenvalue weighted by Gasteiger charge is -2.21. The molecule has 0 bridgehead atoms. The van der Waals surface area contributed by atoms with Gasteiger partial charge in [-0.1, -0.05) is 23.2 Å². The lowest BCUT2D eigenvalue weighted by molar-refractivity contribution is 0.0768. The van der Waals surface area contributed by atoms with Crippen molar-refractivity contribution in [3.8, 4) is 0 Å². The molecule has 1 atom stereocenters. The maximum absolute atomic E-state index is 12.3. The van der Waals surface area contributed by atoms with Gasteiger partial charge in [-0.2, -0.15) is 0 Å². The van der Waals surface area contributed by atoms with Crippen LogP contribution >= 0.6 is 23.2 Å². The Bertz CT molecular complexity index is 481. The molecule has 0 saturated carbocycles. The van der Waals surface area contributed by atoms with Crippen molar-refractivity contribution in [3.63, 3.8) is 0 Å². The summed E-state index contributed by atoms with van der Waals surface area (Å²) in [7, 11) is 3.87. The third-order valence-electron chi connectivity index (χ3n) is 3.38. The Hall–Kier alpha value is -0.840. The number of pyridine rings is 1. The number of carbonyl (C=O) groups is 1. The minimum Gasteiger partial charge on any atom is -0.340 e. The second-order valence-electron chi connectivity index (χ2n) is 5.07. The zero-order valence-electron chi connectivity index (χ0n) is 11.1. The largest absolute Gasteiger partial charge is 0.340 e. The van der Waals surface area contributed by atoms with Crippen molar-refractivity contribution in [3.05, 3.63) is 28.0 Å². The van der Waals surface area contributed by atoms with Crippen molar-refractivity contribution < 1.29 is 4.79 Å². The molecule has 1 saturated heterocycles. The van der Waals surface area contributed by atoms with E-state index in [0.29, 0.717) is 17.5 Å².